The molecule has 1 aromatic rings. The van der Waals surface area contributed by atoms with Gasteiger partial charge in [-0.1, -0.05) is 19.8 Å². The highest BCUT2D eigenvalue weighted by atomic mass is 19.1. The highest BCUT2D eigenvalue weighted by Gasteiger charge is 2.20. The summed E-state index contributed by atoms with van der Waals surface area (Å²) >= 11 is 0. The molecular formula is C12H15FN2O3. The second kappa shape index (κ2) is 6.68. The molecule has 98 valence electrons. The first-order valence-corrected chi connectivity index (χ1v) is 5.69. The Bertz CT molecular complexity index is 420. The maximum atomic E-state index is 12.6. The summed E-state index contributed by atoms with van der Waals surface area (Å²) in [4.78, 5) is 26.0. The standard InChI is InChI=1S/C12H15FN2O3/c1-2-3-4-9(12(17)18)15-11(16)8-5-6-10(13)14-7-8/h5-7,9H,2-4H2,1H3,(H,15,16)(H,17,18)/t9-/m0/s1. The maximum absolute atomic E-state index is 12.6. The van der Waals surface area contributed by atoms with E-state index in [1.807, 2.05) is 6.92 Å². The minimum atomic E-state index is -1.08. The Morgan fingerprint density at radius 1 is 1.50 bits per heavy atom. The van der Waals surface area contributed by atoms with Crippen LogP contribution in [0.25, 0.3) is 0 Å². The van der Waals surface area contributed by atoms with Crippen LogP contribution in [0.1, 0.15) is 36.5 Å². The van der Waals surface area contributed by atoms with Crippen molar-refractivity contribution in [1.29, 1.82) is 0 Å². The van der Waals surface area contributed by atoms with Crippen molar-refractivity contribution in [3.63, 3.8) is 0 Å². The number of halogens is 1. The first-order chi connectivity index (χ1) is 8.54. The smallest absolute Gasteiger partial charge is 0.326 e. The molecule has 1 amide bonds. The van der Waals surface area contributed by atoms with Gasteiger partial charge < -0.3 is 10.4 Å². The van der Waals surface area contributed by atoms with Gasteiger partial charge in [-0.05, 0) is 18.6 Å². The SMILES string of the molecule is CCCC[C@H](NC(=O)c1ccc(F)nc1)C(=O)O. The number of carboxylic acid groups (broad SMARTS) is 1. The van der Waals surface area contributed by atoms with Gasteiger partial charge in [0.2, 0.25) is 5.95 Å². The summed E-state index contributed by atoms with van der Waals surface area (Å²) in [6.45, 7) is 1.94. The lowest BCUT2D eigenvalue weighted by Gasteiger charge is -2.13. The molecule has 0 unspecified atom stereocenters. The topological polar surface area (TPSA) is 79.3 Å². The summed E-state index contributed by atoms with van der Waals surface area (Å²) in [6, 6.07) is 1.38. The molecule has 0 aliphatic carbocycles. The number of carboxylic acids is 1. The van der Waals surface area contributed by atoms with Crippen LogP contribution in [0.15, 0.2) is 18.3 Å². The largest absolute Gasteiger partial charge is 0.480 e. The number of carbonyl (C=O) groups is 2. The van der Waals surface area contributed by atoms with Crippen LogP contribution in [0, 0.1) is 5.95 Å². The van der Waals surface area contributed by atoms with Gasteiger partial charge in [0, 0.05) is 6.20 Å². The van der Waals surface area contributed by atoms with Gasteiger partial charge in [0.25, 0.3) is 5.91 Å². The summed E-state index contributed by atoms with van der Waals surface area (Å²) < 4.78 is 12.6. The zero-order valence-electron chi connectivity index (χ0n) is 10.0. The minimum absolute atomic E-state index is 0.138. The van der Waals surface area contributed by atoms with E-state index in [2.05, 4.69) is 10.3 Å². The molecule has 0 saturated carbocycles. The average molecular weight is 254 g/mol. The van der Waals surface area contributed by atoms with E-state index in [9.17, 15) is 14.0 Å². The third-order valence-corrected chi connectivity index (χ3v) is 2.44. The van der Waals surface area contributed by atoms with Gasteiger partial charge >= 0.3 is 5.97 Å². The van der Waals surface area contributed by atoms with Crippen LogP contribution in [0.4, 0.5) is 4.39 Å². The predicted octanol–water partition coefficient (Wildman–Crippen LogP) is 1.59. The van der Waals surface area contributed by atoms with Crippen molar-refractivity contribution in [2.24, 2.45) is 0 Å². The third-order valence-electron chi connectivity index (χ3n) is 2.44. The molecule has 0 aliphatic rings. The first-order valence-electron chi connectivity index (χ1n) is 5.69. The number of unbranched alkanes of at least 4 members (excludes halogenated alkanes) is 1. The van der Waals surface area contributed by atoms with Crippen LogP contribution < -0.4 is 5.32 Å². The van der Waals surface area contributed by atoms with Crippen molar-refractivity contribution < 1.29 is 19.1 Å². The van der Waals surface area contributed by atoms with E-state index in [1.165, 1.54) is 6.07 Å². The van der Waals surface area contributed by atoms with Crippen molar-refractivity contribution in [1.82, 2.24) is 10.3 Å². The van der Waals surface area contributed by atoms with Crippen LogP contribution in [0.5, 0.6) is 0 Å². The fourth-order valence-corrected chi connectivity index (χ4v) is 1.42. The van der Waals surface area contributed by atoms with Gasteiger partial charge in [0.1, 0.15) is 6.04 Å². The van der Waals surface area contributed by atoms with Gasteiger partial charge in [-0.2, -0.15) is 4.39 Å². The van der Waals surface area contributed by atoms with Crippen molar-refractivity contribution in [2.75, 3.05) is 0 Å². The Kier molecular flexibility index (Phi) is 5.23. The van der Waals surface area contributed by atoms with Gasteiger partial charge in [0.05, 0.1) is 5.56 Å². The van der Waals surface area contributed by atoms with E-state index >= 15 is 0 Å². The maximum Gasteiger partial charge on any atom is 0.326 e. The van der Waals surface area contributed by atoms with E-state index in [0.717, 1.165) is 18.7 Å². The Morgan fingerprint density at radius 3 is 2.72 bits per heavy atom. The normalized spacial score (nSPS) is 11.9. The van der Waals surface area contributed by atoms with E-state index in [4.69, 9.17) is 5.11 Å². The number of amides is 1. The Balaban J connectivity index is 2.66. The monoisotopic (exact) mass is 254 g/mol. The Labute approximate surface area is 104 Å². The lowest BCUT2D eigenvalue weighted by atomic mass is 10.1. The van der Waals surface area contributed by atoms with Crippen molar-refractivity contribution in [3.05, 3.63) is 29.8 Å². The molecule has 0 saturated heterocycles. The molecule has 0 aromatic carbocycles. The molecule has 0 radical (unpaired) electrons. The molecule has 1 atom stereocenters. The zero-order valence-corrected chi connectivity index (χ0v) is 10.0. The number of nitrogens with zero attached hydrogens (tertiary/aromatic N) is 1. The first kappa shape index (κ1) is 14.1. The highest BCUT2D eigenvalue weighted by Crippen LogP contribution is 2.04. The quantitative estimate of drug-likeness (QED) is 0.755. The van der Waals surface area contributed by atoms with Crippen molar-refractivity contribution in [2.45, 2.75) is 32.2 Å². The third kappa shape index (κ3) is 4.12. The van der Waals surface area contributed by atoms with E-state index in [-0.39, 0.29) is 5.56 Å². The van der Waals surface area contributed by atoms with Crippen molar-refractivity contribution >= 4 is 11.9 Å². The van der Waals surface area contributed by atoms with E-state index in [1.54, 1.807) is 0 Å². The van der Waals surface area contributed by atoms with Crippen LogP contribution in [0.3, 0.4) is 0 Å². The second-order valence-electron chi connectivity index (χ2n) is 3.88. The molecule has 0 fully saturated rings. The highest BCUT2D eigenvalue weighted by molar-refractivity contribution is 5.96. The number of pyridine rings is 1. The number of carbonyl (C=O) groups excluding carboxylic acids is 1. The summed E-state index contributed by atoms with van der Waals surface area (Å²) in [5.74, 6) is -2.33. The van der Waals surface area contributed by atoms with Crippen LogP contribution in [-0.4, -0.2) is 28.0 Å². The van der Waals surface area contributed by atoms with Gasteiger partial charge in [-0.3, -0.25) is 4.79 Å². The minimum Gasteiger partial charge on any atom is -0.480 e. The number of nitrogens with one attached hydrogen (secondary N) is 1. The number of rotatable bonds is 6. The van der Waals surface area contributed by atoms with Gasteiger partial charge in [-0.15, -0.1) is 0 Å². The van der Waals surface area contributed by atoms with Crippen LogP contribution >= 0.6 is 0 Å². The second-order valence-corrected chi connectivity index (χ2v) is 3.88. The summed E-state index contributed by atoms with van der Waals surface area (Å²) in [5.41, 5.74) is 0.138. The van der Waals surface area contributed by atoms with E-state index < -0.39 is 23.9 Å². The molecule has 0 bridgehead atoms. The molecule has 1 rings (SSSR count). The molecule has 1 heterocycles. The number of hydrogen-bond acceptors (Lipinski definition) is 3. The Morgan fingerprint density at radius 2 is 2.22 bits per heavy atom. The Hall–Kier alpha value is -1.98. The van der Waals surface area contributed by atoms with Crippen molar-refractivity contribution in [3.8, 4) is 0 Å². The summed E-state index contributed by atoms with van der Waals surface area (Å²) in [7, 11) is 0. The fourth-order valence-electron chi connectivity index (χ4n) is 1.42. The van der Waals surface area contributed by atoms with E-state index in [0.29, 0.717) is 12.8 Å². The van der Waals surface area contributed by atoms with Crippen LogP contribution in [-0.2, 0) is 4.79 Å². The molecule has 5 nitrogen and oxygen atoms in total. The molecule has 6 heteroatoms. The average Bonchev–Trinajstić information content (AvgIpc) is 2.34. The molecule has 0 spiro atoms. The van der Waals surface area contributed by atoms with Crippen LogP contribution in [0.2, 0.25) is 0 Å². The zero-order chi connectivity index (χ0) is 13.5. The molecule has 2 N–H and O–H groups in total. The molecule has 1 aromatic heterocycles. The lowest BCUT2D eigenvalue weighted by Crippen LogP contribution is -2.40. The summed E-state index contributed by atoms with van der Waals surface area (Å²) in [6.07, 6.45) is 2.99. The lowest BCUT2D eigenvalue weighted by molar-refractivity contribution is -0.139. The van der Waals surface area contributed by atoms with Gasteiger partial charge in [-0.25, -0.2) is 9.78 Å². The molecule has 0 aliphatic heterocycles. The molecular weight excluding hydrogens is 239 g/mol. The molecule has 18 heavy (non-hydrogen) atoms. The fraction of sp³-hybridized carbons (Fsp3) is 0.417. The number of hydrogen-bond donors (Lipinski definition) is 2. The predicted molar refractivity (Wildman–Crippen MR) is 62.6 cm³/mol. The van der Waals surface area contributed by atoms with Gasteiger partial charge in [0.15, 0.2) is 0 Å². The number of aromatic nitrogens is 1. The summed E-state index contributed by atoms with van der Waals surface area (Å²) in [5, 5.41) is 11.3. The number of aliphatic carboxylic acids is 1.